The Balaban J connectivity index is 2.32. The van der Waals surface area contributed by atoms with Crippen LogP contribution >= 0.6 is 0 Å². The third-order valence-electron chi connectivity index (χ3n) is 3.52. The fourth-order valence-electron chi connectivity index (χ4n) is 2.40. The van der Waals surface area contributed by atoms with Crippen LogP contribution in [-0.2, 0) is 19.6 Å². The second kappa shape index (κ2) is 7.10. The van der Waals surface area contributed by atoms with Gasteiger partial charge in [0.15, 0.2) is 0 Å². The highest BCUT2D eigenvalue weighted by atomic mass is 32.2. The molecule has 0 aromatic heterocycles. The quantitative estimate of drug-likeness (QED) is 0.824. The van der Waals surface area contributed by atoms with Crippen molar-refractivity contribution in [1.29, 1.82) is 0 Å². The zero-order chi connectivity index (χ0) is 17.0. The second-order valence-electron chi connectivity index (χ2n) is 5.84. The van der Waals surface area contributed by atoms with Crippen LogP contribution in [0.1, 0.15) is 20.3 Å². The first kappa shape index (κ1) is 17.4. The van der Waals surface area contributed by atoms with Crippen molar-refractivity contribution < 1.29 is 17.9 Å². The molecule has 0 saturated carbocycles. The Morgan fingerprint density at radius 1 is 1.13 bits per heavy atom. The summed E-state index contributed by atoms with van der Waals surface area (Å²) in [6.07, 6.45) is 0.374. The van der Waals surface area contributed by atoms with Gasteiger partial charge in [-0.05, 0) is 35.2 Å². The predicted octanol–water partition coefficient (Wildman–Crippen LogP) is 2.71. The van der Waals surface area contributed by atoms with E-state index in [1.54, 1.807) is 12.1 Å². The van der Waals surface area contributed by atoms with E-state index >= 15 is 0 Å². The Labute approximate surface area is 136 Å². The van der Waals surface area contributed by atoms with Crippen molar-refractivity contribution in [2.24, 2.45) is 5.92 Å². The summed E-state index contributed by atoms with van der Waals surface area (Å²) in [5.74, 6) is -0.429. The highest BCUT2D eigenvalue weighted by molar-refractivity contribution is 7.89. The summed E-state index contributed by atoms with van der Waals surface area (Å²) in [4.78, 5) is 12.0. The number of rotatable bonds is 6. The molecule has 0 saturated heterocycles. The lowest BCUT2D eigenvalue weighted by Gasteiger charge is -2.18. The third-order valence-corrected chi connectivity index (χ3v) is 4.99. The van der Waals surface area contributed by atoms with Crippen LogP contribution in [0.3, 0.4) is 0 Å². The maximum absolute atomic E-state index is 12.6. The second-order valence-corrected chi connectivity index (χ2v) is 7.55. The lowest BCUT2D eigenvalue weighted by atomic mass is 10.1. The number of carbonyl (C=O) groups excluding carboxylic acids is 1. The van der Waals surface area contributed by atoms with Crippen LogP contribution in [0, 0.1) is 5.92 Å². The molecule has 2 rings (SSSR count). The molecule has 0 aliphatic carbocycles. The summed E-state index contributed by atoms with van der Waals surface area (Å²) in [5.41, 5.74) is 0. The summed E-state index contributed by atoms with van der Waals surface area (Å²) in [6.45, 7) is 3.83. The van der Waals surface area contributed by atoms with Gasteiger partial charge < -0.3 is 4.74 Å². The molecular weight excluding hydrogens is 314 g/mol. The molecule has 0 spiro atoms. The molecule has 6 heteroatoms. The minimum absolute atomic E-state index is 0.133. The van der Waals surface area contributed by atoms with Crippen molar-refractivity contribution in [3.05, 3.63) is 42.5 Å². The van der Waals surface area contributed by atoms with Gasteiger partial charge in [0.25, 0.3) is 0 Å². The summed E-state index contributed by atoms with van der Waals surface area (Å²) < 4.78 is 32.3. The summed E-state index contributed by atoms with van der Waals surface area (Å²) in [5, 5.41) is 1.78. The molecule has 124 valence electrons. The Morgan fingerprint density at radius 3 is 2.39 bits per heavy atom. The van der Waals surface area contributed by atoms with Gasteiger partial charge in [-0.15, -0.1) is 0 Å². The Morgan fingerprint density at radius 2 is 1.78 bits per heavy atom. The average Bonchev–Trinajstić information content (AvgIpc) is 2.52. The van der Waals surface area contributed by atoms with E-state index in [2.05, 4.69) is 4.72 Å². The van der Waals surface area contributed by atoms with E-state index in [1.807, 2.05) is 38.1 Å². The number of hydrogen-bond donors (Lipinski definition) is 1. The minimum atomic E-state index is -3.80. The van der Waals surface area contributed by atoms with Crippen molar-refractivity contribution in [2.75, 3.05) is 7.11 Å². The Bertz CT molecular complexity index is 799. The van der Waals surface area contributed by atoms with Gasteiger partial charge in [-0.1, -0.05) is 44.2 Å². The van der Waals surface area contributed by atoms with Gasteiger partial charge in [0.1, 0.15) is 6.04 Å². The number of hydrogen-bond acceptors (Lipinski definition) is 4. The molecule has 0 aliphatic rings. The molecule has 0 aliphatic heterocycles. The zero-order valence-corrected chi connectivity index (χ0v) is 14.3. The molecule has 0 radical (unpaired) electrons. The normalized spacial score (nSPS) is 13.2. The first-order valence-corrected chi connectivity index (χ1v) is 8.91. The number of sulfonamides is 1. The van der Waals surface area contributed by atoms with E-state index in [0.29, 0.717) is 6.42 Å². The summed E-state index contributed by atoms with van der Waals surface area (Å²) in [7, 11) is -2.55. The number of ether oxygens (including phenoxy) is 1. The third kappa shape index (κ3) is 4.30. The average molecular weight is 335 g/mol. The molecule has 1 N–H and O–H groups in total. The van der Waals surface area contributed by atoms with Crippen LogP contribution in [0.4, 0.5) is 0 Å². The molecule has 0 unspecified atom stereocenters. The molecule has 2 aromatic rings. The molecule has 1 atom stereocenters. The van der Waals surface area contributed by atoms with Gasteiger partial charge in [0, 0.05) is 0 Å². The first-order chi connectivity index (χ1) is 10.8. The SMILES string of the molecule is COC(=O)[C@@H](CC(C)C)NS(=O)(=O)c1ccc2ccccc2c1. The van der Waals surface area contributed by atoms with Crippen molar-refractivity contribution in [1.82, 2.24) is 4.72 Å². The first-order valence-electron chi connectivity index (χ1n) is 7.42. The fourth-order valence-corrected chi connectivity index (χ4v) is 3.63. The minimum Gasteiger partial charge on any atom is -0.468 e. The van der Waals surface area contributed by atoms with Crippen LogP contribution in [0.5, 0.6) is 0 Å². The lowest BCUT2D eigenvalue weighted by molar-refractivity contribution is -0.143. The largest absolute Gasteiger partial charge is 0.468 e. The molecular formula is C17H21NO4S. The van der Waals surface area contributed by atoms with Crippen LogP contribution in [0.25, 0.3) is 10.8 Å². The number of methoxy groups -OCH3 is 1. The van der Waals surface area contributed by atoms with Gasteiger partial charge in [-0.2, -0.15) is 4.72 Å². The molecule has 23 heavy (non-hydrogen) atoms. The van der Waals surface area contributed by atoms with Gasteiger partial charge in [0.05, 0.1) is 12.0 Å². The summed E-state index contributed by atoms with van der Waals surface area (Å²) >= 11 is 0. The van der Waals surface area contributed by atoms with E-state index < -0.39 is 22.0 Å². The molecule has 5 nitrogen and oxygen atoms in total. The maximum Gasteiger partial charge on any atom is 0.323 e. The Kier molecular flexibility index (Phi) is 5.38. The molecule has 0 bridgehead atoms. The van der Waals surface area contributed by atoms with E-state index in [1.165, 1.54) is 13.2 Å². The standard InChI is InChI=1S/C17H21NO4S/c1-12(2)10-16(17(19)22-3)18-23(20,21)15-9-8-13-6-4-5-7-14(13)11-15/h4-9,11-12,16,18H,10H2,1-3H3/t16-/m1/s1. The maximum atomic E-state index is 12.6. The highest BCUT2D eigenvalue weighted by Gasteiger charge is 2.27. The monoisotopic (exact) mass is 335 g/mol. The number of benzene rings is 2. The van der Waals surface area contributed by atoms with E-state index in [9.17, 15) is 13.2 Å². The Hall–Kier alpha value is -1.92. The highest BCUT2D eigenvalue weighted by Crippen LogP contribution is 2.20. The summed E-state index contributed by atoms with van der Waals surface area (Å²) in [6, 6.07) is 11.5. The molecule has 0 fully saturated rings. The van der Waals surface area contributed by atoms with E-state index in [0.717, 1.165) is 10.8 Å². The number of fused-ring (bicyclic) bond motifs is 1. The number of carbonyl (C=O) groups is 1. The predicted molar refractivity (Wildman–Crippen MR) is 89.5 cm³/mol. The van der Waals surface area contributed by atoms with E-state index in [-0.39, 0.29) is 10.8 Å². The molecule has 2 aromatic carbocycles. The van der Waals surface area contributed by atoms with E-state index in [4.69, 9.17) is 4.74 Å². The van der Waals surface area contributed by atoms with Gasteiger partial charge in [-0.3, -0.25) is 4.79 Å². The van der Waals surface area contributed by atoms with Crippen molar-refractivity contribution in [3.8, 4) is 0 Å². The van der Waals surface area contributed by atoms with Crippen molar-refractivity contribution in [2.45, 2.75) is 31.2 Å². The van der Waals surface area contributed by atoms with Gasteiger partial charge in [-0.25, -0.2) is 8.42 Å². The van der Waals surface area contributed by atoms with Crippen LogP contribution in [-0.4, -0.2) is 27.5 Å². The van der Waals surface area contributed by atoms with Crippen LogP contribution < -0.4 is 4.72 Å². The topological polar surface area (TPSA) is 72.5 Å². The van der Waals surface area contributed by atoms with Gasteiger partial charge in [0.2, 0.25) is 10.0 Å². The lowest BCUT2D eigenvalue weighted by Crippen LogP contribution is -2.42. The molecule has 0 heterocycles. The van der Waals surface area contributed by atoms with Crippen LogP contribution in [0.2, 0.25) is 0 Å². The smallest absolute Gasteiger partial charge is 0.323 e. The number of esters is 1. The van der Waals surface area contributed by atoms with Gasteiger partial charge >= 0.3 is 5.97 Å². The van der Waals surface area contributed by atoms with Crippen molar-refractivity contribution >= 4 is 26.8 Å². The van der Waals surface area contributed by atoms with Crippen molar-refractivity contribution in [3.63, 3.8) is 0 Å². The zero-order valence-electron chi connectivity index (χ0n) is 13.4. The fraction of sp³-hybridized carbons (Fsp3) is 0.353. The van der Waals surface area contributed by atoms with Crippen LogP contribution in [0.15, 0.2) is 47.4 Å². The number of nitrogens with one attached hydrogen (secondary N) is 1. The molecule has 0 amide bonds.